The van der Waals surface area contributed by atoms with Gasteiger partial charge in [0.05, 0.1) is 5.69 Å². The van der Waals surface area contributed by atoms with E-state index in [9.17, 15) is 9.59 Å². The van der Waals surface area contributed by atoms with Crippen molar-refractivity contribution in [3.8, 4) is 11.6 Å². The molecule has 2 heterocycles. The van der Waals surface area contributed by atoms with Crippen molar-refractivity contribution < 1.29 is 14.3 Å². The van der Waals surface area contributed by atoms with Crippen molar-refractivity contribution in [2.75, 3.05) is 18.0 Å². The average Bonchev–Trinajstić information content (AvgIpc) is 2.87. The van der Waals surface area contributed by atoms with Gasteiger partial charge in [0.15, 0.2) is 5.75 Å². The van der Waals surface area contributed by atoms with E-state index >= 15 is 0 Å². The standard InChI is InChI=1S/C24H23N3O3/c1-17-9-10-21-20(16-17)27(24(29)19-8-5-13-26-23(19)30-21)15-12-22(28)25-14-11-18-6-3-2-4-7-18/h2-10,13,16H,11-12,14-15H2,1H3,(H,25,28). The zero-order chi connectivity index (χ0) is 20.9. The van der Waals surface area contributed by atoms with Gasteiger partial charge in [-0.1, -0.05) is 36.4 Å². The minimum atomic E-state index is -0.223. The van der Waals surface area contributed by atoms with E-state index in [4.69, 9.17) is 4.74 Å². The van der Waals surface area contributed by atoms with E-state index in [1.165, 1.54) is 5.56 Å². The molecule has 4 rings (SSSR count). The molecule has 0 spiro atoms. The molecule has 1 N–H and O–H groups in total. The van der Waals surface area contributed by atoms with Crippen LogP contribution in [0.25, 0.3) is 0 Å². The van der Waals surface area contributed by atoms with Crippen LogP contribution in [0.5, 0.6) is 11.6 Å². The molecule has 0 saturated heterocycles. The van der Waals surface area contributed by atoms with Gasteiger partial charge in [0.25, 0.3) is 5.91 Å². The largest absolute Gasteiger partial charge is 0.436 e. The summed E-state index contributed by atoms with van der Waals surface area (Å²) in [5, 5.41) is 2.94. The number of carbonyl (C=O) groups is 2. The quantitative estimate of drug-likeness (QED) is 0.680. The Balaban J connectivity index is 1.46. The van der Waals surface area contributed by atoms with Crippen molar-refractivity contribution >= 4 is 17.5 Å². The van der Waals surface area contributed by atoms with E-state index in [0.717, 1.165) is 12.0 Å². The first-order valence-electron chi connectivity index (χ1n) is 9.98. The minimum absolute atomic E-state index is 0.0930. The molecule has 0 radical (unpaired) electrons. The van der Waals surface area contributed by atoms with Gasteiger partial charge in [-0.3, -0.25) is 9.59 Å². The lowest BCUT2D eigenvalue weighted by atomic mass is 10.1. The molecule has 1 aliphatic heterocycles. The highest BCUT2D eigenvalue weighted by molar-refractivity contribution is 6.09. The average molecular weight is 401 g/mol. The van der Waals surface area contributed by atoms with Gasteiger partial charge in [-0.2, -0.15) is 0 Å². The molecule has 6 nitrogen and oxygen atoms in total. The number of anilines is 1. The van der Waals surface area contributed by atoms with Gasteiger partial charge in [0.1, 0.15) is 5.56 Å². The number of rotatable bonds is 6. The Bertz CT molecular complexity index is 1070. The molecule has 0 unspecified atom stereocenters. The van der Waals surface area contributed by atoms with Gasteiger partial charge in [0.2, 0.25) is 11.8 Å². The molecule has 2 aromatic carbocycles. The van der Waals surface area contributed by atoms with Crippen LogP contribution in [-0.2, 0) is 11.2 Å². The fourth-order valence-electron chi connectivity index (χ4n) is 3.43. The molecule has 0 saturated carbocycles. The lowest BCUT2D eigenvalue weighted by molar-refractivity contribution is -0.120. The summed E-state index contributed by atoms with van der Waals surface area (Å²) in [5.41, 5.74) is 3.21. The fraction of sp³-hybridized carbons (Fsp3) is 0.208. The van der Waals surface area contributed by atoms with Crippen LogP contribution in [0.15, 0.2) is 66.9 Å². The molecular weight excluding hydrogens is 378 g/mol. The Morgan fingerprint density at radius 1 is 1.10 bits per heavy atom. The third kappa shape index (κ3) is 4.33. The van der Waals surface area contributed by atoms with Crippen molar-refractivity contribution in [2.24, 2.45) is 0 Å². The summed E-state index contributed by atoms with van der Waals surface area (Å²) >= 11 is 0. The molecule has 0 bridgehead atoms. The fourth-order valence-corrected chi connectivity index (χ4v) is 3.43. The predicted octanol–water partition coefficient (Wildman–Crippen LogP) is 3.89. The molecule has 3 aromatic rings. The third-order valence-electron chi connectivity index (χ3n) is 5.00. The second kappa shape index (κ2) is 8.78. The summed E-state index contributed by atoms with van der Waals surface area (Å²) in [6, 6.07) is 19.0. The van der Waals surface area contributed by atoms with Gasteiger partial charge >= 0.3 is 0 Å². The van der Waals surface area contributed by atoms with Crippen LogP contribution >= 0.6 is 0 Å². The van der Waals surface area contributed by atoms with Crippen molar-refractivity contribution in [3.63, 3.8) is 0 Å². The van der Waals surface area contributed by atoms with Gasteiger partial charge in [0, 0.05) is 25.7 Å². The molecular formula is C24H23N3O3. The summed E-state index contributed by atoms with van der Waals surface area (Å²) in [7, 11) is 0. The molecule has 0 aliphatic carbocycles. The number of hydrogen-bond donors (Lipinski definition) is 1. The van der Waals surface area contributed by atoms with E-state index in [2.05, 4.69) is 10.3 Å². The van der Waals surface area contributed by atoms with E-state index in [1.54, 1.807) is 23.2 Å². The number of amides is 2. The molecule has 152 valence electrons. The third-order valence-corrected chi connectivity index (χ3v) is 5.00. The number of nitrogens with zero attached hydrogens (tertiary/aromatic N) is 2. The predicted molar refractivity (Wildman–Crippen MR) is 115 cm³/mol. The van der Waals surface area contributed by atoms with Crippen LogP contribution < -0.4 is 15.0 Å². The van der Waals surface area contributed by atoms with Gasteiger partial charge in [-0.25, -0.2) is 4.98 Å². The molecule has 0 fully saturated rings. The molecule has 2 amide bonds. The highest BCUT2D eigenvalue weighted by Gasteiger charge is 2.29. The maximum Gasteiger partial charge on any atom is 0.263 e. The zero-order valence-corrected chi connectivity index (χ0v) is 16.8. The van der Waals surface area contributed by atoms with Crippen LogP contribution in [0.4, 0.5) is 5.69 Å². The first kappa shape index (κ1) is 19.6. The highest BCUT2D eigenvalue weighted by Crippen LogP contribution is 2.38. The topological polar surface area (TPSA) is 71.5 Å². The number of ether oxygens (including phenoxy) is 1. The lowest BCUT2D eigenvalue weighted by Crippen LogP contribution is -2.35. The lowest BCUT2D eigenvalue weighted by Gasteiger charge is -2.22. The van der Waals surface area contributed by atoms with Crippen molar-refractivity contribution in [2.45, 2.75) is 19.8 Å². The maximum atomic E-state index is 13.2. The Kier molecular flexibility index (Phi) is 5.75. The second-order valence-electron chi connectivity index (χ2n) is 7.22. The normalized spacial score (nSPS) is 12.4. The van der Waals surface area contributed by atoms with Crippen LogP contribution in [0.3, 0.4) is 0 Å². The number of nitrogens with one attached hydrogen (secondary N) is 1. The molecule has 0 atom stereocenters. The van der Waals surface area contributed by atoms with E-state index in [0.29, 0.717) is 23.5 Å². The van der Waals surface area contributed by atoms with Crippen molar-refractivity contribution in [3.05, 3.63) is 83.6 Å². The minimum Gasteiger partial charge on any atom is -0.436 e. The van der Waals surface area contributed by atoms with Gasteiger partial charge < -0.3 is 15.0 Å². The maximum absolute atomic E-state index is 13.2. The zero-order valence-electron chi connectivity index (χ0n) is 16.8. The summed E-state index contributed by atoms with van der Waals surface area (Å²) in [6.45, 7) is 2.77. The number of aromatic nitrogens is 1. The number of carbonyl (C=O) groups excluding carboxylic acids is 2. The van der Waals surface area contributed by atoms with E-state index in [-0.39, 0.29) is 30.7 Å². The molecule has 30 heavy (non-hydrogen) atoms. The smallest absolute Gasteiger partial charge is 0.263 e. The number of aryl methyl sites for hydroxylation is 1. The van der Waals surface area contributed by atoms with Crippen molar-refractivity contribution in [1.82, 2.24) is 10.3 Å². The van der Waals surface area contributed by atoms with Gasteiger partial charge in [-0.05, 0) is 48.7 Å². The first-order chi connectivity index (χ1) is 14.6. The van der Waals surface area contributed by atoms with Crippen LogP contribution in [0.1, 0.15) is 27.9 Å². The second-order valence-corrected chi connectivity index (χ2v) is 7.22. The number of fused-ring (bicyclic) bond motifs is 2. The van der Waals surface area contributed by atoms with Gasteiger partial charge in [-0.15, -0.1) is 0 Å². The first-order valence-corrected chi connectivity index (χ1v) is 9.98. The van der Waals surface area contributed by atoms with Crippen LogP contribution in [0, 0.1) is 6.92 Å². The number of hydrogen-bond acceptors (Lipinski definition) is 4. The Hall–Kier alpha value is -3.67. The van der Waals surface area contributed by atoms with E-state index < -0.39 is 0 Å². The summed E-state index contributed by atoms with van der Waals surface area (Å²) < 4.78 is 5.90. The number of benzene rings is 2. The molecule has 1 aliphatic rings. The number of pyridine rings is 1. The van der Waals surface area contributed by atoms with Crippen molar-refractivity contribution in [1.29, 1.82) is 0 Å². The molecule has 6 heteroatoms. The van der Waals surface area contributed by atoms with Crippen LogP contribution in [0.2, 0.25) is 0 Å². The summed E-state index contributed by atoms with van der Waals surface area (Å²) in [6.07, 6.45) is 2.56. The SMILES string of the molecule is Cc1ccc2c(c1)N(CCC(=O)NCCc1ccccc1)C(=O)c1cccnc1O2. The molecule has 1 aromatic heterocycles. The van der Waals surface area contributed by atoms with Crippen LogP contribution in [-0.4, -0.2) is 29.9 Å². The Labute approximate surface area is 175 Å². The summed E-state index contributed by atoms with van der Waals surface area (Å²) in [5.74, 6) is 0.516. The highest BCUT2D eigenvalue weighted by atomic mass is 16.5. The summed E-state index contributed by atoms with van der Waals surface area (Å²) in [4.78, 5) is 31.4. The van der Waals surface area contributed by atoms with E-state index in [1.807, 2.05) is 55.5 Å². The monoisotopic (exact) mass is 401 g/mol. The Morgan fingerprint density at radius 3 is 2.77 bits per heavy atom. The Morgan fingerprint density at radius 2 is 1.93 bits per heavy atom.